The Kier molecular flexibility index (Phi) is 5.60. The summed E-state index contributed by atoms with van der Waals surface area (Å²) in [6, 6.07) is 6.74. The van der Waals surface area contributed by atoms with E-state index in [1.54, 1.807) is 0 Å². The average molecular weight is 397 g/mol. The normalized spacial score (nSPS) is 17.9. The van der Waals surface area contributed by atoms with Gasteiger partial charge < -0.3 is 4.74 Å². The number of fused-ring (bicyclic) bond motifs is 1. The molecule has 28 heavy (non-hydrogen) atoms. The van der Waals surface area contributed by atoms with Crippen molar-refractivity contribution in [3.8, 4) is 0 Å². The van der Waals surface area contributed by atoms with E-state index in [2.05, 4.69) is 59.8 Å². The molecule has 1 aromatic heterocycles. The number of carbonyl (C=O) groups is 1. The van der Waals surface area contributed by atoms with Crippen LogP contribution in [0.3, 0.4) is 0 Å². The van der Waals surface area contributed by atoms with Crippen molar-refractivity contribution >= 4 is 29.0 Å². The number of ether oxygens (including phenoxy) is 1. The number of thiophene rings is 1. The maximum Gasteiger partial charge on any atom is 0.348 e. The molecule has 0 bridgehead atoms. The number of rotatable bonds is 4. The van der Waals surface area contributed by atoms with Gasteiger partial charge in [0.25, 0.3) is 0 Å². The van der Waals surface area contributed by atoms with Crippen molar-refractivity contribution in [2.45, 2.75) is 72.1 Å². The number of aryl methyl sites for hydroxylation is 1. The van der Waals surface area contributed by atoms with Crippen LogP contribution < -0.4 is 0 Å². The van der Waals surface area contributed by atoms with Gasteiger partial charge in [-0.05, 0) is 89.3 Å². The van der Waals surface area contributed by atoms with Crippen LogP contribution in [0.25, 0.3) is 11.6 Å². The molecule has 2 aromatic rings. The molecular formula is C25H32O2S. The summed E-state index contributed by atoms with van der Waals surface area (Å²) in [7, 11) is 0. The fourth-order valence-electron chi connectivity index (χ4n) is 4.21. The smallest absolute Gasteiger partial charge is 0.348 e. The largest absolute Gasteiger partial charge is 0.462 e. The highest BCUT2D eigenvalue weighted by molar-refractivity contribution is 7.12. The Morgan fingerprint density at radius 1 is 1.11 bits per heavy atom. The van der Waals surface area contributed by atoms with Gasteiger partial charge in [-0.1, -0.05) is 45.9 Å². The monoisotopic (exact) mass is 396 g/mol. The third kappa shape index (κ3) is 3.96. The van der Waals surface area contributed by atoms with E-state index in [1.165, 1.54) is 52.0 Å². The quantitative estimate of drug-likeness (QED) is 0.513. The zero-order valence-electron chi connectivity index (χ0n) is 18.2. The Morgan fingerprint density at radius 2 is 1.71 bits per heavy atom. The van der Waals surface area contributed by atoms with Gasteiger partial charge >= 0.3 is 5.97 Å². The minimum atomic E-state index is -0.237. The summed E-state index contributed by atoms with van der Waals surface area (Å²) in [6.45, 7) is 16.1. The van der Waals surface area contributed by atoms with Gasteiger partial charge in [0, 0.05) is 0 Å². The fraction of sp³-hybridized carbons (Fsp3) is 0.480. The lowest BCUT2D eigenvalue weighted by atomic mass is 9.62. The average Bonchev–Trinajstić information content (AvgIpc) is 3.07. The Balaban J connectivity index is 2.00. The molecule has 0 aliphatic heterocycles. The third-order valence-electron chi connectivity index (χ3n) is 6.10. The summed E-state index contributed by atoms with van der Waals surface area (Å²) in [5.41, 5.74) is 8.32. The highest BCUT2D eigenvalue weighted by Gasteiger charge is 2.37. The van der Waals surface area contributed by atoms with Crippen LogP contribution in [0.1, 0.15) is 91.9 Å². The highest BCUT2D eigenvalue weighted by Crippen LogP contribution is 2.47. The van der Waals surface area contributed by atoms with Crippen LogP contribution in [0.2, 0.25) is 0 Å². The Hall–Kier alpha value is -1.87. The van der Waals surface area contributed by atoms with Crippen molar-refractivity contribution in [1.29, 1.82) is 0 Å². The second-order valence-electron chi connectivity index (χ2n) is 9.27. The number of benzene rings is 1. The first-order valence-corrected chi connectivity index (χ1v) is 11.0. The van der Waals surface area contributed by atoms with Gasteiger partial charge in [0.1, 0.15) is 4.88 Å². The van der Waals surface area contributed by atoms with E-state index >= 15 is 0 Å². The number of carbonyl (C=O) groups excluding carboxylic acids is 1. The lowest BCUT2D eigenvalue weighted by Crippen LogP contribution is -2.34. The number of hydrogen-bond donors (Lipinski definition) is 0. The van der Waals surface area contributed by atoms with Gasteiger partial charge in [0.2, 0.25) is 0 Å². The molecule has 1 aromatic carbocycles. The van der Waals surface area contributed by atoms with E-state index in [0.29, 0.717) is 11.5 Å². The number of allylic oxidation sites excluding steroid dienone is 1. The van der Waals surface area contributed by atoms with Crippen LogP contribution in [0, 0.1) is 6.92 Å². The molecule has 3 rings (SSSR count). The molecule has 0 N–H and O–H groups in total. The Bertz CT molecular complexity index is 928. The van der Waals surface area contributed by atoms with Gasteiger partial charge in [-0.15, -0.1) is 11.3 Å². The van der Waals surface area contributed by atoms with Crippen molar-refractivity contribution in [2.24, 2.45) is 0 Å². The second-order valence-corrected chi connectivity index (χ2v) is 10.2. The van der Waals surface area contributed by atoms with E-state index in [-0.39, 0.29) is 16.8 Å². The standard InChI is InChI=1S/C25H32O2S/c1-8-27-23(26)22-13-18(15-28-22)11-16(2)19-14-21-20(12-17(19)3)24(4,5)9-10-25(21,6)7/h11-15H,8-10H2,1-7H3/b16-11+. The zero-order valence-corrected chi connectivity index (χ0v) is 19.0. The molecule has 150 valence electrons. The molecule has 0 amide bonds. The van der Waals surface area contributed by atoms with Crippen molar-refractivity contribution in [2.75, 3.05) is 6.61 Å². The van der Waals surface area contributed by atoms with E-state index in [4.69, 9.17) is 4.74 Å². The number of hydrogen-bond acceptors (Lipinski definition) is 3. The molecule has 3 heteroatoms. The van der Waals surface area contributed by atoms with Gasteiger partial charge in [-0.25, -0.2) is 4.79 Å². The topological polar surface area (TPSA) is 26.3 Å². The molecule has 1 aliphatic rings. The van der Waals surface area contributed by atoms with Crippen molar-refractivity contribution in [3.05, 3.63) is 56.3 Å². The summed E-state index contributed by atoms with van der Waals surface area (Å²) in [4.78, 5) is 12.6. The first-order valence-electron chi connectivity index (χ1n) is 10.1. The van der Waals surface area contributed by atoms with Gasteiger partial charge in [-0.2, -0.15) is 0 Å². The molecule has 0 atom stereocenters. The zero-order chi connectivity index (χ0) is 20.7. The van der Waals surface area contributed by atoms with Crippen LogP contribution in [0.5, 0.6) is 0 Å². The van der Waals surface area contributed by atoms with Crippen molar-refractivity contribution in [1.82, 2.24) is 0 Å². The summed E-state index contributed by atoms with van der Waals surface area (Å²) in [5, 5.41) is 2.02. The molecule has 0 radical (unpaired) electrons. The molecule has 2 nitrogen and oxygen atoms in total. The molecule has 0 saturated heterocycles. The maximum absolute atomic E-state index is 11.9. The maximum atomic E-state index is 11.9. The molecular weight excluding hydrogens is 364 g/mol. The van der Waals surface area contributed by atoms with E-state index in [9.17, 15) is 4.79 Å². The van der Waals surface area contributed by atoms with Gasteiger partial charge in [-0.3, -0.25) is 0 Å². The highest BCUT2D eigenvalue weighted by atomic mass is 32.1. The van der Waals surface area contributed by atoms with Crippen LogP contribution in [-0.2, 0) is 15.6 Å². The molecule has 0 saturated carbocycles. The van der Waals surface area contributed by atoms with E-state index in [0.717, 1.165) is 5.56 Å². The number of esters is 1. The first kappa shape index (κ1) is 20.9. The van der Waals surface area contributed by atoms with E-state index < -0.39 is 0 Å². The van der Waals surface area contributed by atoms with E-state index in [1.807, 2.05) is 18.4 Å². The summed E-state index contributed by atoms with van der Waals surface area (Å²) in [6.07, 6.45) is 4.62. The minimum Gasteiger partial charge on any atom is -0.462 e. The van der Waals surface area contributed by atoms with Crippen molar-refractivity contribution < 1.29 is 9.53 Å². The SMILES string of the molecule is CCOC(=O)c1cc(/C=C(\C)c2cc3c(cc2C)C(C)(C)CCC3(C)C)cs1. The predicted octanol–water partition coefficient (Wildman–Crippen LogP) is 7.14. The lowest BCUT2D eigenvalue weighted by Gasteiger charge is -2.42. The molecule has 1 heterocycles. The Labute approximate surface area is 173 Å². The summed E-state index contributed by atoms with van der Waals surface area (Å²) < 4.78 is 5.11. The summed E-state index contributed by atoms with van der Waals surface area (Å²) in [5.74, 6) is -0.237. The van der Waals surface area contributed by atoms with Crippen LogP contribution in [0.4, 0.5) is 0 Å². The third-order valence-corrected chi connectivity index (χ3v) is 7.03. The summed E-state index contributed by atoms with van der Waals surface area (Å²) >= 11 is 1.44. The van der Waals surface area contributed by atoms with Crippen LogP contribution in [-0.4, -0.2) is 12.6 Å². The Morgan fingerprint density at radius 3 is 2.32 bits per heavy atom. The second kappa shape index (κ2) is 7.51. The predicted molar refractivity (Wildman–Crippen MR) is 120 cm³/mol. The minimum absolute atomic E-state index is 0.201. The van der Waals surface area contributed by atoms with Gasteiger partial charge in [0.05, 0.1) is 6.61 Å². The van der Waals surface area contributed by atoms with Gasteiger partial charge in [0.15, 0.2) is 0 Å². The molecule has 1 aliphatic carbocycles. The molecule has 0 unspecified atom stereocenters. The fourth-order valence-corrected chi connectivity index (χ4v) is 4.97. The van der Waals surface area contributed by atoms with Crippen LogP contribution >= 0.6 is 11.3 Å². The molecule has 0 spiro atoms. The lowest BCUT2D eigenvalue weighted by molar-refractivity contribution is 0.0532. The van der Waals surface area contributed by atoms with Crippen molar-refractivity contribution in [3.63, 3.8) is 0 Å². The molecule has 0 fully saturated rings. The first-order chi connectivity index (χ1) is 13.0. The van der Waals surface area contributed by atoms with Crippen LogP contribution in [0.15, 0.2) is 23.6 Å².